The number of fused-ring (bicyclic) bond motifs is 1. The minimum absolute atomic E-state index is 0.145. The molecule has 2 aliphatic rings. The van der Waals surface area contributed by atoms with Crippen LogP contribution in [0.15, 0.2) is 24.3 Å². The molecule has 4 nitrogen and oxygen atoms in total. The molecule has 19 heavy (non-hydrogen) atoms. The van der Waals surface area contributed by atoms with Crippen molar-refractivity contribution >= 4 is 0 Å². The fourth-order valence-electron chi connectivity index (χ4n) is 2.65. The number of para-hydroxylation sites is 1. The van der Waals surface area contributed by atoms with Crippen LogP contribution in [0.25, 0.3) is 0 Å². The molecule has 1 aromatic rings. The summed E-state index contributed by atoms with van der Waals surface area (Å²) in [5.41, 5.74) is 1.28. The highest BCUT2D eigenvalue weighted by Gasteiger charge is 2.24. The maximum Gasteiger partial charge on any atom is 0.126 e. The number of hydrogen-bond donors (Lipinski definition) is 1. The molecule has 104 valence electrons. The summed E-state index contributed by atoms with van der Waals surface area (Å²) in [5.74, 6) is 1.00. The molecule has 4 heteroatoms. The zero-order valence-corrected chi connectivity index (χ0v) is 11.3. The van der Waals surface area contributed by atoms with Crippen LogP contribution in [0.3, 0.4) is 0 Å². The van der Waals surface area contributed by atoms with Gasteiger partial charge in [-0.1, -0.05) is 18.2 Å². The van der Waals surface area contributed by atoms with Crippen LogP contribution >= 0.6 is 0 Å². The molecule has 1 fully saturated rings. The first-order valence-corrected chi connectivity index (χ1v) is 7.00. The predicted molar refractivity (Wildman–Crippen MR) is 72.6 cm³/mol. The lowest BCUT2D eigenvalue weighted by Crippen LogP contribution is -2.45. The van der Waals surface area contributed by atoms with Crippen molar-refractivity contribution in [3.05, 3.63) is 29.8 Å². The van der Waals surface area contributed by atoms with E-state index in [1.165, 1.54) is 5.56 Å². The Labute approximate surface area is 114 Å². The van der Waals surface area contributed by atoms with Gasteiger partial charge in [0.15, 0.2) is 0 Å². The van der Waals surface area contributed by atoms with E-state index in [0.29, 0.717) is 13.2 Å². The van der Waals surface area contributed by atoms with Crippen molar-refractivity contribution < 1.29 is 14.2 Å². The van der Waals surface area contributed by atoms with Crippen molar-refractivity contribution in [3.63, 3.8) is 0 Å². The SMILES string of the molecule is CC1CNCC(COCC2Cc3ccccc3O2)O1. The molecule has 1 aromatic carbocycles. The van der Waals surface area contributed by atoms with E-state index < -0.39 is 0 Å². The molecular formula is C15H21NO3. The van der Waals surface area contributed by atoms with Gasteiger partial charge in [0.2, 0.25) is 0 Å². The van der Waals surface area contributed by atoms with Crippen molar-refractivity contribution in [2.24, 2.45) is 0 Å². The summed E-state index contributed by atoms with van der Waals surface area (Å²) in [6, 6.07) is 8.19. The third-order valence-electron chi connectivity index (χ3n) is 3.55. The largest absolute Gasteiger partial charge is 0.487 e. The molecule has 0 aromatic heterocycles. The molecule has 2 heterocycles. The molecule has 3 atom stereocenters. The van der Waals surface area contributed by atoms with Gasteiger partial charge in [-0.05, 0) is 18.6 Å². The second kappa shape index (κ2) is 5.90. The van der Waals surface area contributed by atoms with Crippen molar-refractivity contribution in [3.8, 4) is 5.75 Å². The zero-order valence-electron chi connectivity index (χ0n) is 11.3. The van der Waals surface area contributed by atoms with E-state index in [-0.39, 0.29) is 18.3 Å². The summed E-state index contributed by atoms with van der Waals surface area (Å²) in [5, 5.41) is 3.34. The van der Waals surface area contributed by atoms with Crippen molar-refractivity contribution in [2.45, 2.75) is 31.7 Å². The van der Waals surface area contributed by atoms with Gasteiger partial charge in [0.1, 0.15) is 11.9 Å². The van der Waals surface area contributed by atoms with Crippen LogP contribution in [-0.2, 0) is 15.9 Å². The number of ether oxygens (including phenoxy) is 3. The van der Waals surface area contributed by atoms with Gasteiger partial charge in [0.25, 0.3) is 0 Å². The number of morpholine rings is 1. The maximum absolute atomic E-state index is 5.84. The molecule has 1 saturated heterocycles. The van der Waals surface area contributed by atoms with Crippen molar-refractivity contribution in [2.75, 3.05) is 26.3 Å². The summed E-state index contributed by atoms with van der Waals surface area (Å²) in [4.78, 5) is 0. The first-order chi connectivity index (χ1) is 9.31. The van der Waals surface area contributed by atoms with E-state index in [4.69, 9.17) is 14.2 Å². The summed E-state index contributed by atoms with van der Waals surface area (Å²) >= 11 is 0. The molecule has 0 spiro atoms. The van der Waals surface area contributed by atoms with Gasteiger partial charge in [-0.15, -0.1) is 0 Å². The molecular weight excluding hydrogens is 242 g/mol. The second-order valence-electron chi connectivity index (χ2n) is 5.32. The molecule has 3 unspecified atom stereocenters. The Morgan fingerprint density at radius 2 is 2.05 bits per heavy atom. The maximum atomic E-state index is 5.84. The smallest absolute Gasteiger partial charge is 0.126 e. The van der Waals surface area contributed by atoms with Gasteiger partial charge in [0, 0.05) is 19.5 Å². The van der Waals surface area contributed by atoms with E-state index >= 15 is 0 Å². The van der Waals surface area contributed by atoms with E-state index in [1.807, 2.05) is 18.2 Å². The quantitative estimate of drug-likeness (QED) is 0.891. The summed E-state index contributed by atoms with van der Waals surface area (Å²) < 4.78 is 17.4. The Hall–Kier alpha value is -1.10. The highest BCUT2D eigenvalue weighted by Crippen LogP contribution is 2.28. The van der Waals surface area contributed by atoms with Crippen LogP contribution in [0, 0.1) is 0 Å². The third kappa shape index (κ3) is 3.26. The van der Waals surface area contributed by atoms with Crippen molar-refractivity contribution in [1.82, 2.24) is 5.32 Å². The van der Waals surface area contributed by atoms with Crippen LogP contribution in [-0.4, -0.2) is 44.6 Å². The Kier molecular flexibility index (Phi) is 4.01. The predicted octanol–water partition coefficient (Wildman–Crippen LogP) is 1.38. The number of benzene rings is 1. The first-order valence-electron chi connectivity index (χ1n) is 7.00. The number of hydrogen-bond acceptors (Lipinski definition) is 4. The lowest BCUT2D eigenvalue weighted by molar-refractivity contribution is -0.0759. The third-order valence-corrected chi connectivity index (χ3v) is 3.55. The zero-order chi connectivity index (χ0) is 13.1. The van der Waals surface area contributed by atoms with Gasteiger partial charge in [-0.25, -0.2) is 0 Å². The lowest BCUT2D eigenvalue weighted by atomic mass is 10.1. The second-order valence-corrected chi connectivity index (χ2v) is 5.32. The molecule has 2 aliphatic heterocycles. The summed E-state index contributed by atoms with van der Waals surface area (Å²) in [7, 11) is 0. The van der Waals surface area contributed by atoms with Crippen molar-refractivity contribution in [1.29, 1.82) is 0 Å². The summed E-state index contributed by atoms with van der Waals surface area (Å²) in [6.45, 7) is 5.14. The highest BCUT2D eigenvalue weighted by atomic mass is 16.6. The van der Waals surface area contributed by atoms with E-state index in [1.54, 1.807) is 0 Å². The Morgan fingerprint density at radius 1 is 1.21 bits per heavy atom. The number of nitrogens with one attached hydrogen (secondary N) is 1. The van der Waals surface area contributed by atoms with Gasteiger partial charge < -0.3 is 19.5 Å². The molecule has 0 radical (unpaired) electrons. The molecule has 0 saturated carbocycles. The lowest BCUT2D eigenvalue weighted by Gasteiger charge is -2.28. The Morgan fingerprint density at radius 3 is 2.89 bits per heavy atom. The Bertz CT molecular complexity index is 399. The molecule has 1 N–H and O–H groups in total. The molecule has 0 amide bonds. The normalized spacial score (nSPS) is 29.8. The van der Waals surface area contributed by atoms with Crippen LogP contribution < -0.4 is 10.1 Å². The molecule has 0 aliphatic carbocycles. The van der Waals surface area contributed by atoms with E-state index in [2.05, 4.69) is 18.3 Å². The molecule has 0 bridgehead atoms. The van der Waals surface area contributed by atoms with E-state index in [9.17, 15) is 0 Å². The Balaban J connectivity index is 1.40. The fourth-order valence-corrected chi connectivity index (χ4v) is 2.65. The van der Waals surface area contributed by atoms with Gasteiger partial charge in [-0.2, -0.15) is 0 Å². The highest BCUT2D eigenvalue weighted by molar-refractivity contribution is 5.37. The average Bonchev–Trinajstić information content (AvgIpc) is 2.81. The minimum Gasteiger partial charge on any atom is -0.487 e. The minimum atomic E-state index is 0.145. The topological polar surface area (TPSA) is 39.7 Å². The van der Waals surface area contributed by atoms with Gasteiger partial charge in [-0.3, -0.25) is 0 Å². The average molecular weight is 263 g/mol. The van der Waals surface area contributed by atoms with Crippen LogP contribution in [0.2, 0.25) is 0 Å². The monoisotopic (exact) mass is 263 g/mol. The van der Waals surface area contributed by atoms with Gasteiger partial charge in [0.05, 0.1) is 25.4 Å². The van der Waals surface area contributed by atoms with Gasteiger partial charge >= 0.3 is 0 Å². The fraction of sp³-hybridized carbons (Fsp3) is 0.600. The number of rotatable bonds is 4. The van der Waals surface area contributed by atoms with Crippen LogP contribution in [0.4, 0.5) is 0 Å². The van der Waals surface area contributed by atoms with E-state index in [0.717, 1.165) is 25.3 Å². The standard InChI is InChI=1S/C15H21NO3/c1-11-7-16-8-14(18-11)10-17-9-13-6-12-4-2-3-5-15(12)19-13/h2-5,11,13-14,16H,6-10H2,1H3. The first kappa shape index (κ1) is 12.9. The summed E-state index contributed by atoms with van der Waals surface area (Å²) in [6.07, 6.45) is 1.52. The molecule has 3 rings (SSSR count). The van der Waals surface area contributed by atoms with Crippen LogP contribution in [0.1, 0.15) is 12.5 Å². The van der Waals surface area contributed by atoms with Crippen LogP contribution in [0.5, 0.6) is 5.75 Å².